The maximum Gasteiger partial charge on any atom is 0.0547 e. The van der Waals surface area contributed by atoms with E-state index >= 15 is 0 Å². The van der Waals surface area contributed by atoms with Crippen LogP contribution in [0.2, 0.25) is 0 Å². The van der Waals surface area contributed by atoms with E-state index in [0.717, 1.165) is 0 Å². The second-order valence-corrected chi connectivity index (χ2v) is 15.7. The van der Waals surface area contributed by atoms with Crippen molar-refractivity contribution in [1.82, 2.24) is 9.13 Å². The lowest BCUT2D eigenvalue weighted by Gasteiger charge is -2.43. The fourth-order valence-corrected chi connectivity index (χ4v) is 9.04. The number of para-hydroxylation sites is 2. The Morgan fingerprint density at radius 1 is 0.420 bits per heavy atom. The molecule has 7 aromatic carbocycles. The van der Waals surface area contributed by atoms with Gasteiger partial charge in [-0.1, -0.05) is 113 Å². The van der Waals surface area contributed by atoms with Crippen molar-refractivity contribution >= 4 is 54.4 Å². The molecule has 0 bridgehead atoms. The molecule has 0 fully saturated rings. The average molecular weight is 645 g/mol. The van der Waals surface area contributed by atoms with Crippen LogP contribution in [-0.4, -0.2) is 9.13 Å². The van der Waals surface area contributed by atoms with Gasteiger partial charge in [0.1, 0.15) is 0 Å². The molecule has 2 nitrogen and oxygen atoms in total. The second kappa shape index (κ2) is 10.5. The molecule has 10 rings (SSSR count). The minimum absolute atomic E-state index is 0.0789. The standard InChI is InChI=1S/C48H40N2/c1-47(2)25-26-48(3,4)46-40(47)18-12-20-44(46)50-43-24-22-34(29-38(43)39-27-31-13-8-9-14-32(31)30-45(39)50)33-21-23-42-37(28-33)36-17-10-11-19-41(36)49(42)35-15-6-5-7-16-35/h5-24,27-30H,25-26H2,1-4H3. The van der Waals surface area contributed by atoms with E-state index in [9.17, 15) is 0 Å². The van der Waals surface area contributed by atoms with Gasteiger partial charge in [-0.2, -0.15) is 0 Å². The number of hydrogen-bond acceptors (Lipinski definition) is 0. The smallest absolute Gasteiger partial charge is 0.0547 e. The SMILES string of the molecule is CC1(C)CCC(C)(C)c2c(-n3c4ccc(-c5ccc6c(c5)c5ccccc5n6-c5ccccc5)cc4c4cc5ccccc5cc43)cccc21. The van der Waals surface area contributed by atoms with Gasteiger partial charge in [0.15, 0.2) is 0 Å². The Kier molecular flexibility index (Phi) is 6.13. The van der Waals surface area contributed by atoms with Gasteiger partial charge in [0.2, 0.25) is 0 Å². The molecule has 0 saturated carbocycles. The summed E-state index contributed by atoms with van der Waals surface area (Å²) < 4.78 is 4.96. The fourth-order valence-electron chi connectivity index (χ4n) is 9.04. The average Bonchev–Trinajstić information content (AvgIpc) is 3.64. The van der Waals surface area contributed by atoms with Crippen LogP contribution in [0.5, 0.6) is 0 Å². The Hall–Kier alpha value is -5.60. The molecule has 2 aromatic heterocycles. The third kappa shape index (κ3) is 4.21. The Labute approximate surface area is 293 Å². The Balaban J connectivity index is 1.24. The molecule has 1 aliphatic rings. The number of rotatable bonds is 3. The lowest BCUT2D eigenvalue weighted by Crippen LogP contribution is -2.35. The largest absolute Gasteiger partial charge is 0.309 e. The first-order valence-corrected chi connectivity index (χ1v) is 18.0. The summed E-state index contributed by atoms with van der Waals surface area (Å²) in [6.07, 6.45) is 2.38. The molecular weight excluding hydrogens is 605 g/mol. The fraction of sp³-hybridized carbons (Fsp3) is 0.167. The van der Waals surface area contributed by atoms with Crippen molar-refractivity contribution in [2.45, 2.75) is 51.4 Å². The second-order valence-electron chi connectivity index (χ2n) is 15.7. The minimum Gasteiger partial charge on any atom is -0.309 e. The van der Waals surface area contributed by atoms with Gasteiger partial charge in [-0.05, 0) is 117 Å². The van der Waals surface area contributed by atoms with Gasteiger partial charge < -0.3 is 9.13 Å². The first kappa shape index (κ1) is 29.3. The van der Waals surface area contributed by atoms with E-state index in [1.807, 2.05) is 0 Å². The van der Waals surface area contributed by atoms with E-state index < -0.39 is 0 Å². The maximum absolute atomic E-state index is 2.57. The van der Waals surface area contributed by atoms with Crippen LogP contribution in [0.4, 0.5) is 0 Å². The van der Waals surface area contributed by atoms with E-state index in [2.05, 4.69) is 182 Å². The zero-order valence-electron chi connectivity index (χ0n) is 29.2. The molecule has 2 heteroatoms. The van der Waals surface area contributed by atoms with Crippen LogP contribution in [0.3, 0.4) is 0 Å². The predicted octanol–water partition coefficient (Wildman–Crippen LogP) is 13.0. The Bertz CT molecular complexity index is 2810. The lowest BCUT2D eigenvalue weighted by molar-refractivity contribution is 0.331. The lowest BCUT2D eigenvalue weighted by atomic mass is 9.62. The van der Waals surface area contributed by atoms with Crippen molar-refractivity contribution in [2.75, 3.05) is 0 Å². The Morgan fingerprint density at radius 2 is 1.00 bits per heavy atom. The van der Waals surface area contributed by atoms with Gasteiger partial charge >= 0.3 is 0 Å². The topological polar surface area (TPSA) is 9.86 Å². The van der Waals surface area contributed by atoms with Crippen molar-refractivity contribution in [3.8, 4) is 22.5 Å². The summed E-state index contributed by atoms with van der Waals surface area (Å²) >= 11 is 0. The molecule has 50 heavy (non-hydrogen) atoms. The zero-order chi connectivity index (χ0) is 33.8. The normalized spacial score (nSPS) is 15.4. The van der Waals surface area contributed by atoms with E-state index in [4.69, 9.17) is 0 Å². The van der Waals surface area contributed by atoms with Crippen molar-refractivity contribution < 1.29 is 0 Å². The molecule has 2 heterocycles. The third-order valence-electron chi connectivity index (χ3n) is 11.7. The van der Waals surface area contributed by atoms with Gasteiger partial charge in [0.25, 0.3) is 0 Å². The van der Waals surface area contributed by atoms with Crippen LogP contribution in [0, 0.1) is 0 Å². The highest BCUT2D eigenvalue weighted by atomic mass is 15.0. The molecule has 0 atom stereocenters. The van der Waals surface area contributed by atoms with E-state index in [-0.39, 0.29) is 10.8 Å². The summed E-state index contributed by atoms with van der Waals surface area (Å²) in [7, 11) is 0. The summed E-state index contributed by atoms with van der Waals surface area (Å²) in [5, 5.41) is 7.69. The molecule has 0 spiro atoms. The van der Waals surface area contributed by atoms with Gasteiger partial charge in [0, 0.05) is 27.2 Å². The van der Waals surface area contributed by atoms with Crippen LogP contribution in [0.1, 0.15) is 51.7 Å². The summed E-state index contributed by atoms with van der Waals surface area (Å²) in [4.78, 5) is 0. The summed E-state index contributed by atoms with van der Waals surface area (Å²) in [6.45, 7) is 9.73. The van der Waals surface area contributed by atoms with Gasteiger partial charge in [-0.3, -0.25) is 0 Å². The third-order valence-corrected chi connectivity index (χ3v) is 11.7. The van der Waals surface area contributed by atoms with Crippen LogP contribution in [0.25, 0.3) is 76.9 Å². The van der Waals surface area contributed by atoms with E-state index in [0.29, 0.717) is 0 Å². The minimum atomic E-state index is 0.0789. The van der Waals surface area contributed by atoms with Crippen LogP contribution < -0.4 is 0 Å². The maximum atomic E-state index is 2.57. The zero-order valence-corrected chi connectivity index (χ0v) is 29.2. The molecule has 0 radical (unpaired) electrons. The highest BCUT2D eigenvalue weighted by Crippen LogP contribution is 2.49. The summed E-state index contributed by atoms with van der Waals surface area (Å²) in [6, 6.07) is 54.3. The van der Waals surface area contributed by atoms with Gasteiger partial charge in [0.05, 0.1) is 27.8 Å². The quantitative estimate of drug-likeness (QED) is 0.181. The number of hydrogen-bond donors (Lipinski definition) is 0. The molecule has 1 aliphatic carbocycles. The van der Waals surface area contributed by atoms with Crippen LogP contribution in [0.15, 0.2) is 146 Å². The van der Waals surface area contributed by atoms with Crippen molar-refractivity contribution in [3.05, 3.63) is 157 Å². The molecule has 0 unspecified atom stereocenters. The monoisotopic (exact) mass is 644 g/mol. The first-order chi connectivity index (χ1) is 24.3. The molecule has 0 amide bonds. The van der Waals surface area contributed by atoms with Crippen molar-refractivity contribution in [1.29, 1.82) is 0 Å². The molecule has 9 aromatic rings. The van der Waals surface area contributed by atoms with Crippen LogP contribution in [-0.2, 0) is 10.8 Å². The molecule has 0 N–H and O–H groups in total. The highest BCUT2D eigenvalue weighted by Gasteiger charge is 2.39. The molecule has 0 saturated heterocycles. The summed E-state index contributed by atoms with van der Waals surface area (Å²) in [5.74, 6) is 0. The van der Waals surface area contributed by atoms with Gasteiger partial charge in [-0.15, -0.1) is 0 Å². The number of aromatic nitrogens is 2. The summed E-state index contributed by atoms with van der Waals surface area (Å²) in [5.41, 5.74) is 13.2. The molecule has 0 aliphatic heterocycles. The molecule has 242 valence electrons. The van der Waals surface area contributed by atoms with Gasteiger partial charge in [-0.25, -0.2) is 0 Å². The first-order valence-electron chi connectivity index (χ1n) is 18.0. The highest BCUT2D eigenvalue weighted by molar-refractivity contribution is 6.15. The number of fused-ring (bicyclic) bond motifs is 8. The number of nitrogens with zero attached hydrogens (tertiary/aromatic N) is 2. The molecular formula is C48H40N2. The van der Waals surface area contributed by atoms with Crippen molar-refractivity contribution in [2.24, 2.45) is 0 Å². The predicted molar refractivity (Wildman–Crippen MR) is 213 cm³/mol. The Morgan fingerprint density at radius 3 is 1.76 bits per heavy atom. The van der Waals surface area contributed by atoms with E-state index in [1.165, 1.54) is 101 Å². The number of benzene rings is 7. The van der Waals surface area contributed by atoms with Crippen LogP contribution >= 0.6 is 0 Å². The van der Waals surface area contributed by atoms with E-state index in [1.54, 1.807) is 0 Å². The van der Waals surface area contributed by atoms with Crippen molar-refractivity contribution in [3.63, 3.8) is 0 Å².